The molecule has 0 amide bonds. The van der Waals surface area contributed by atoms with Crippen molar-refractivity contribution in [2.75, 3.05) is 20.3 Å². The van der Waals surface area contributed by atoms with Crippen LogP contribution in [0.2, 0.25) is 0 Å². The Kier molecular flexibility index (Phi) is 5.88. The highest BCUT2D eigenvalue weighted by molar-refractivity contribution is 5.78. The summed E-state index contributed by atoms with van der Waals surface area (Å²) in [6, 6.07) is 0. The monoisotopic (exact) mass is 190 g/mol. The maximum atomic E-state index is 11.0. The number of rotatable bonds is 5. The lowest BCUT2D eigenvalue weighted by molar-refractivity contribution is -0.166. The molecule has 13 heavy (non-hydrogen) atoms. The molecule has 0 rings (SSSR count). The number of carbonyl (C=O) groups is 2. The second kappa shape index (κ2) is 6.42. The molecule has 0 aromatic heterocycles. The fourth-order valence-electron chi connectivity index (χ4n) is 0.640. The highest BCUT2D eigenvalue weighted by Gasteiger charge is 2.16. The third kappa shape index (κ3) is 6.10. The van der Waals surface area contributed by atoms with Gasteiger partial charge in [-0.25, -0.2) is 4.79 Å². The number of methoxy groups -OCH3 is 1. The fraction of sp³-hybridized carbons (Fsp3) is 0.750. The van der Waals surface area contributed by atoms with E-state index in [0.29, 0.717) is 6.61 Å². The first-order valence-corrected chi connectivity index (χ1v) is 3.90. The Hall–Kier alpha value is -1.10. The van der Waals surface area contributed by atoms with Crippen LogP contribution in [-0.4, -0.2) is 38.4 Å². The van der Waals surface area contributed by atoms with Crippen LogP contribution in [0.4, 0.5) is 0 Å². The van der Waals surface area contributed by atoms with E-state index in [1.165, 1.54) is 21.0 Å². The van der Waals surface area contributed by atoms with Gasteiger partial charge in [-0.3, -0.25) is 4.79 Å². The van der Waals surface area contributed by atoms with Gasteiger partial charge >= 0.3 is 11.9 Å². The summed E-state index contributed by atoms with van der Waals surface area (Å²) in [6.45, 7) is 3.19. The fourth-order valence-corrected chi connectivity index (χ4v) is 0.640. The molecule has 0 aromatic rings. The Morgan fingerprint density at radius 2 is 1.92 bits per heavy atom. The first-order chi connectivity index (χ1) is 6.07. The molecule has 0 saturated carbocycles. The van der Waals surface area contributed by atoms with Crippen molar-refractivity contribution in [2.24, 2.45) is 0 Å². The van der Waals surface area contributed by atoms with E-state index in [1.807, 2.05) is 0 Å². The van der Waals surface area contributed by atoms with Crippen molar-refractivity contribution in [1.82, 2.24) is 0 Å². The standard InChI is InChI=1S/C8H14O5/c1-6(13-7(2)9)8(10)12-5-4-11-3/h6H,4-5H2,1-3H3. The van der Waals surface area contributed by atoms with Crippen LogP contribution in [0, 0.1) is 0 Å². The Morgan fingerprint density at radius 1 is 1.31 bits per heavy atom. The van der Waals surface area contributed by atoms with Gasteiger partial charge in [-0.1, -0.05) is 0 Å². The molecule has 0 saturated heterocycles. The molecule has 0 heterocycles. The molecule has 5 heteroatoms. The normalized spacial score (nSPS) is 11.9. The van der Waals surface area contributed by atoms with Crippen LogP contribution in [0.1, 0.15) is 13.8 Å². The van der Waals surface area contributed by atoms with Crippen molar-refractivity contribution < 1.29 is 23.8 Å². The molecule has 0 aliphatic carbocycles. The summed E-state index contributed by atoms with van der Waals surface area (Å²) in [5.74, 6) is -1.07. The average molecular weight is 190 g/mol. The number of esters is 2. The van der Waals surface area contributed by atoms with Crippen molar-refractivity contribution in [3.63, 3.8) is 0 Å². The minimum atomic E-state index is -0.852. The smallest absolute Gasteiger partial charge is 0.347 e. The van der Waals surface area contributed by atoms with Gasteiger partial charge in [-0.05, 0) is 6.92 Å². The van der Waals surface area contributed by atoms with E-state index < -0.39 is 18.0 Å². The maximum absolute atomic E-state index is 11.0. The molecule has 76 valence electrons. The first-order valence-electron chi connectivity index (χ1n) is 3.90. The Morgan fingerprint density at radius 3 is 2.38 bits per heavy atom. The summed E-state index contributed by atoms with van der Waals surface area (Å²) < 4.78 is 14.0. The van der Waals surface area contributed by atoms with Gasteiger partial charge in [-0.2, -0.15) is 0 Å². The molecule has 0 aliphatic heterocycles. The van der Waals surface area contributed by atoms with E-state index in [4.69, 9.17) is 4.74 Å². The van der Waals surface area contributed by atoms with Gasteiger partial charge in [0.05, 0.1) is 6.61 Å². The predicted octanol–water partition coefficient (Wildman–Crippen LogP) is 0.128. The predicted molar refractivity (Wildman–Crippen MR) is 44.1 cm³/mol. The second-order valence-corrected chi connectivity index (χ2v) is 2.41. The highest BCUT2D eigenvalue weighted by Crippen LogP contribution is 1.94. The maximum Gasteiger partial charge on any atom is 0.347 e. The van der Waals surface area contributed by atoms with Crippen molar-refractivity contribution in [1.29, 1.82) is 0 Å². The van der Waals surface area contributed by atoms with Gasteiger partial charge in [0.2, 0.25) is 0 Å². The molecule has 1 atom stereocenters. The first kappa shape index (κ1) is 11.9. The van der Waals surface area contributed by atoms with Gasteiger partial charge in [0.1, 0.15) is 6.61 Å². The van der Waals surface area contributed by atoms with Gasteiger partial charge in [0.15, 0.2) is 6.10 Å². The van der Waals surface area contributed by atoms with Gasteiger partial charge in [0.25, 0.3) is 0 Å². The number of ether oxygens (including phenoxy) is 3. The minimum absolute atomic E-state index is 0.168. The Balaban J connectivity index is 3.63. The molecule has 0 aromatic carbocycles. The zero-order chi connectivity index (χ0) is 10.3. The van der Waals surface area contributed by atoms with E-state index in [0.717, 1.165) is 0 Å². The zero-order valence-corrected chi connectivity index (χ0v) is 8.03. The van der Waals surface area contributed by atoms with Gasteiger partial charge in [0, 0.05) is 14.0 Å². The van der Waals surface area contributed by atoms with Crippen LogP contribution in [0.25, 0.3) is 0 Å². The number of hydrogen-bond donors (Lipinski definition) is 0. The van der Waals surface area contributed by atoms with Crippen LogP contribution in [-0.2, 0) is 23.8 Å². The lowest BCUT2D eigenvalue weighted by atomic mass is 10.4. The summed E-state index contributed by atoms with van der Waals surface area (Å²) in [7, 11) is 1.50. The summed E-state index contributed by atoms with van der Waals surface area (Å²) in [5.41, 5.74) is 0. The Bertz CT molecular complexity index is 177. The second-order valence-electron chi connectivity index (χ2n) is 2.41. The van der Waals surface area contributed by atoms with Crippen LogP contribution in [0.5, 0.6) is 0 Å². The quantitative estimate of drug-likeness (QED) is 0.455. The van der Waals surface area contributed by atoms with Crippen molar-refractivity contribution >= 4 is 11.9 Å². The van der Waals surface area contributed by atoms with E-state index in [-0.39, 0.29) is 6.61 Å². The van der Waals surface area contributed by atoms with E-state index in [9.17, 15) is 9.59 Å². The summed E-state index contributed by atoms with van der Waals surface area (Å²) in [6.07, 6.45) is -0.852. The summed E-state index contributed by atoms with van der Waals surface area (Å²) in [5, 5.41) is 0. The number of hydrogen-bond acceptors (Lipinski definition) is 5. The highest BCUT2D eigenvalue weighted by atomic mass is 16.6. The molecule has 0 fully saturated rings. The van der Waals surface area contributed by atoms with Crippen molar-refractivity contribution in [3.05, 3.63) is 0 Å². The van der Waals surface area contributed by atoms with Gasteiger partial charge in [-0.15, -0.1) is 0 Å². The van der Waals surface area contributed by atoms with Crippen molar-refractivity contribution in [2.45, 2.75) is 20.0 Å². The number of carbonyl (C=O) groups excluding carboxylic acids is 2. The average Bonchev–Trinajstić information content (AvgIpc) is 2.03. The molecular formula is C8H14O5. The van der Waals surface area contributed by atoms with E-state index >= 15 is 0 Å². The van der Waals surface area contributed by atoms with Crippen LogP contribution in [0.15, 0.2) is 0 Å². The third-order valence-corrected chi connectivity index (χ3v) is 1.21. The van der Waals surface area contributed by atoms with Crippen LogP contribution < -0.4 is 0 Å². The molecule has 0 bridgehead atoms. The molecule has 5 nitrogen and oxygen atoms in total. The lowest BCUT2D eigenvalue weighted by Crippen LogP contribution is -2.26. The minimum Gasteiger partial charge on any atom is -0.461 e. The largest absolute Gasteiger partial charge is 0.461 e. The van der Waals surface area contributed by atoms with E-state index in [2.05, 4.69) is 9.47 Å². The summed E-state index contributed by atoms with van der Waals surface area (Å²) >= 11 is 0. The molecule has 0 N–H and O–H groups in total. The Labute approximate surface area is 77.0 Å². The lowest BCUT2D eigenvalue weighted by Gasteiger charge is -2.10. The van der Waals surface area contributed by atoms with Crippen LogP contribution in [0.3, 0.4) is 0 Å². The molecule has 0 aliphatic rings. The van der Waals surface area contributed by atoms with Crippen molar-refractivity contribution in [3.8, 4) is 0 Å². The van der Waals surface area contributed by atoms with Gasteiger partial charge < -0.3 is 14.2 Å². The SMILES string of the molecule is COCCOC(=O)C(C)OC(C)=O. The zero-order valence-electron chi connectivity index (χ0n) is 8.03. The summed E-state index contributed by atoms with van der Waals surface area (Å²) in [4.78, 5) is 21.4. The molecular weight excluding hydrogens is 176 g/mol. The van der Waals surface area contributed by atoms with Crippen LogP contribution >= 0.6 is 0 Å². The third-order valence-electron chi connectivity index (χ3n) is 1.21. The topological polar surface area (TPSA) is 61.8 Å². The molecule has 1 unspecified atom stereocenters. The molecule has 0 spiro atoms. The molecule has 0 radical (unpaired) electrons. The van der Waals surface area contributed by atoms with E-state index in [1.54, 1.807) is 0 Å².